The number of carbonyl (C=O) groups is 1. The molecule has 0 aromatic heterocycles. The summed E-state index contributed by atoms with van der Waals surface area (Å²) in [5.74, 6) is 1.08. The van der Waals surface area contributed by atoms with Gasteiger partial charge in [0.15, 0.2) is 0 Å². The molecule has 3 atom stereocenters. The van der Waals surface area contributed by atoms with Crippen molar-refractivity contribution < 1.29 is 23.7 Å². The van der Waals surface area contributed by atoms with Crippen LogP contribution in [0, 0.1) is 17.3 Å². The van der Waals surface area contributed by atoms with E-state index in [0.29, 0.717) is 18.4 Å². The highest BCUT2D eigenvalue weighted by Gasteiger charge is 2.43. The molecule has 0 N–H and O–H groups in total. The van der Waals surface area contributed by atoms with Crippen molar-refractivity contribution in [3.05, 3.63) is 0 Å². The molecule has 0 saturated carbocycles. The number of piperidine rings is 1. The average Bonchev–Trinajstić information content (AvgIpc) is 3.58. The van der Waals surface area contributed by atoms with Crippen molar-refractivity contribution in [3.8, 4) is 0 Å². The van der Waals surface area contributed by atoms with Crippen molar-refractivity contribution >= 4 is 5.97 Å². The molecule has 2 fully saturated rings. The number of esters is 1. The monoisotopic (exact) mass is 778 g/mol. The van der Waals surface area contributed by atoms with Gasteiger partial charge in [-0.15, -0.1) is 0 Å². The number of likely N-dealkylation sites (tertiary alicyclic amines) is 1. The molecule has 6 nitrogen and oxygen atoms in total. The predicted octanol–water partition coefficient (Wildman–Crippen LogP) is 13.7. The van der Waals surface area contributed by atoms with E-state index in [1.54, 1.807) is 0 Å². The second-order valence-corrected chi connectivity index (χ2v) is 18.5. The van der Waals surface area contributed by atoms with Crippen LogP contribution >= 0.6 is 0 Å². The second-order valence-electron chi connectivity index (χ2n) is 18.5. The van der Waals surface area contributed by atoms with Gasteiger partial charge in [0.25, 0.3) is 0 Å². The fraction of sp³-hybridized carbons (Fsp3) is 0.980. The Morgan fingerprint density at radius 2 is 0.982 bits per heavy atom. The Labute approximate surface area is 343 Å². The van der Waals surface area contributed by atoms with Gasteiger partial charge in [0.1, 0.15) is 24.9 Å². The highest BCUT2D eigenvalue weighted by molar-refractivity contribution is 5.76. The molecular formula is C49H95NO5. The van der Waals surface area contributed by atoms with Crippen molar-refractivity contribution in [1.29, 1.82) is 0 Å². The van der Waals surface area contributed by atoms with E-state index in [9.17, 15) is 4.79 Å². The summed E-state index contributed by atoms with van der Waals surface area (Å²) < 4.78 is 26.4. The lowest BCUT2D eigenvalue weighted by Gasteiger charge is -2.36. The summed E-state index contributed by atoms with van der Waals surface area (Å²) in [5, 5.41) is 0. The van der Waals surface area contributed by atoms with Crippen LogP contribution in [0.3, 0.4) is 0 Å². The Hall–Kier alpha value is -0.690. The van der Waals surface area contributed by atoms with Crippen LogP contribution in [0.5, 0.6) is 0 Å². The largest absolute Gasteiger partial charge is 0.462 e. The SMILES string of the molecule is CCCCCCCCC(CCCCCCCC)CO[C@@H]1[C@@H](OCC(CCCCCCCC)CCCCCCCC)CO[C@@H]1COC(=O)C1(C)CCN(C)CC1. The van der Waals surface area contributed by atoms with Crippen LogP contribution < -0.4 is 0 Å². The number of carbonyl (C=O) groups excluding carboxylic acids is 1. The quantitative estimate of drug-likeness (QED) is 0.0462. The standard InChI is InChI=1S/C49H95NO5/c1-7-11-15-19-23-27-31-43(32-28-24-20-16-12-8-2)39-52-45-41-53-46(42-55-48(51)49(5)35-37-50(6)38-36-49)47(45)54-40-44(33-29-25-21-17-13-9-3)34-30-26-22-18-14-10-4/h43-47H,7-42H2,1-6H3/t45-,46+,47+/m0/s1. The maximum atomic E-state index is 13.5. The summed E-state index contributed by atoms with van der Waals surface area (Å²) in [6.45, 7) is 15.5. The summed E-state index contributed by atoms with van der Waals surface area (Å²) in [7, 11) is 2.14. The van der Waals surface area contributed by atoms with Crippen molar-refractivity contribution in [2.75, 3.05) is 46.6 Å². The topological polar surface area (TPSA) is 57.2 Å². The van der Waals surface area contributed by atoms with E-state index in [4.69, 9.17) is 18.9 Å². The average molecular weight is 778 g/mol. The number of hydrogen-bond donors (Lipinski definition) is 0. The molecule has 55 heavy (non-hydrogen) atoms. The minimum absolute atomic E-state index is 0.0747. The number of rotatable bonds is 37. The molecule has 0 aromatic carbocycles. The molecular weight excluding hydrogens is 683 g/mol. The van der Waals surface area contributed by atoms with Crippen molar-refractivity contribution in [2.45, 2.75) is 246 Å². The van der Waals surface area contributed by atoms with E-state index >= 15 is 0 Å². The van der Waals surface area contributed by atoms with E-state index in [0.717, 1.165) is 39.1 Å². The molecule has 326 valence electrons. The molecule has 2 aliphatic rings. The molecule has 2 aliphatic heterocycles. The molecule has 2 saturated heterocycles. The first-order chi connectivity index (χ1) is 26.9. The Balaban J connectivity index is 2.08. The van der Waals surface area contributed by atoms with Crippen molar-refractivity contribution in [3.63, 3.8) is 0 Å². The van der Waals surface area contributed by atoms with Gasteiger partial charge in [-0.1, -0.05) is 182 Å². The highest BCUT2D eigenvalue weighted by atomic mass is 16.6. The maximum absolute atomic E-state index is 13.5. The van der Waals surface area contributed by atoms with Crippen LogP contribution in [-0.2, 0) is 23.7 Å². The molecule has 0 spiro atoms. The van der Waals surface area contributed by atoms with Gasteiger partial charge in [-0.05, 0) is 77.4 Å². The van der Waals surface area contributed by atoms with Gasteiger partial charge in [-0.25, -0.2) is 0 Å². The molecule has 2 heterocycles. The highest BCUT2D eigenvalue weighted by Crippen LogP contribution is 2.33. The number of hydrogen-bond acceptors (Lipinski definition) is 6. The van der Waals surface area contributed by atoms with Crippen molar-refractivity contribution in [2.24, 2.45) is 17.3 Å². The van der Waals surface area contributed by atoms with Gasteiger partial charge >= 0.3 is 5.97 Å². The van der Waals surface area contributed by atoms with Gasteiger partial charge in [-0.3, -0.25) is 4.79 Å². The van der Waals surface area contributed by atoms with Gasteiger partial charge in [0, 0.05) is 0 Å². The Bertz CT molecular complexity index is 843. The van der Waals surface area contributed by atoms with Crippen LogP contribution in [0.15, 0.2) is 0 Å². The van der Waals surface area contributed by atoms with Crippen molar-refractivity contribution in [1.82, 2.24) is 4.90 Å². The predicted molar refractivity (Wildman–Crippen MR) is 234 cm³/mol. The zero-order valence-corrected chi connectivity index (χ0v) is 37.8. The van der Waals surface area contributed by atoms with E-state index in [2.05, 4.69) is 46.6 Å². The summed E-state index contributed by atoms with van der Waals surface area (Å²) in [4.78, 5) is 15.8. The van der Waals surface area contributed by atoms with Gasteiger partial charge in [-0.2, -0.15) is 0 Å². The Kier molecular flexibility index (Phi) is 30.4. The minimum atomic E-state index is -0.420. The van der Waals surface area contributed by atoms with E-state index in [1.807, 2.05) is 0 Å². The normalized spacial score (nSPS) is 20.3. The zero-order chi connectivity index (χ0) is 39.8. The van der Waals surface area contributed by atoms with Crippen LogP contribution in [0.25, 0.3) is 0 Å². The number of ether oxygens (including phenoxy) is 4. The summed E-state index contributed by atoms with van der Waals surface area (Å²) >= 11 is 0. The second kappa shape index (κ2) is 33.2. The molecule has 0 unspecified atom stereocenters. The number of nitrogens with zero attached hydrogens (tertiary/aromatic N) is 1. The first kappa shape index (κ1) is 50.5. The first-order valence-corrected chi connectivity index (χ1v) is 24.6. The van der Waals surface area contributed by atoms with Gasteiger partial charge in [0.2, 0.25) is 0 Å². The third-order valence-electron chi connectivity index (χ3n) is 13.1. The fourth-order valence-corrected chi connectivity index (χ4v) is 8.78. The van der Waals surface area contributed by atoms with Crippen LogP contribution in [0.2, 0.25) is 0 Å². The molecule has 0 amide bonds. The maximum Gasteiger partial charge on any atom is 0.311 e. The lowest BCUT2D eigenvalue weighted by Crippen LogP contribution is -2.44. The zero-order valence-electron chi connectivity index (χ0n) is 37.8. The summed E-state index contributed by atoms with van der Waals surface area (Å²) in [6.07, 6.45) is 38.2. The Morgan fingerprint density at radius 3 is 1.40 bits per heavy atom. The Morgan fingerprint density at radius 1 is 0.600 bits per heavy atom. The van der Waals surface area contributed by atoms with Crippen LogP contribution in [0.4, 0.5) is 0 Å². The molecule has 0 aliphatic carbocycles. The minimum Gasteiger partial charge on any atom is -0.462 e. The van der Waals surface area contributed by atoms with E-state index < -0.39 is 5.41 Å². The molecule has 6 heteroatoms. The molecule has 0 aromatic rings. The lowest BCUT2D eigenvalue weighted by molar-refractivity contribution is -0.163. The van der Waals surface area contributed by atoms with E-state index in [1.165, 1.54) is 180 Å². The van der Waals surface area contributed by atoms with Gasteiger partial charge in [0.05, 0.1) is 25.2 Å². The third-order valence-corrected chi connectivity index (χ3v) is 13.1. The summed E-state index contributed by atoms with van der Waals surface area (Å²) in [5.41, 5.74) is -0.420. The van der Waals surface area contributed by atoms with Crippen LogP contribution in [-0.4, -0.2) is 75.7 Å². The van der Waals surface area contributed by atoms with Crippen LogP contribution in [0.1, 0.15) is 227 Å². The van der Waals surface area contributed by atoms with E-state index in [-0.39, 0.29) is 30.9 Å². The lowest BCUT2D eigenvalue weighted by atomic mass is 9.80. The molecule has 2 rings (SSSR count). The smallest absolute Gasteiger partial charge is 0.311 e. The third kappa shape index (κ3) is 23.5. The number of unbranched alkanes of at least 4 members (excludes halogenated alkanes) is 20. The molecule has 0 bridgehead atoms. The fourth-order valence-electron chi connectivity index (χ4n) is 8.78. The molecule has 0 radical (unpaired) electrons. The first-order valence-electron chi connectivity index (χ1n) is 24.6. The van der Waals surface area contributed by atoms with Gasteiger partial charge < -0.3 is 23.8 Å². The summed E-state index contributed by atoms with van der Waals surface area (Å²) in [6, 6.07) is 0.